The number of amides is 1. The number of thioether (sulfide) groups is 1. The van der Waals surface area contributed by atoms with E-state index < -0.39 is 0 Å². The Morgan fingerprint density at radius 1 is 1.14 bits per heavy atom. The highest BCUT2D eigenvalue weighted by Crippen LogP contribution is 2.30. The fraction of sp³-hybridized carbons (Fsp3) is 0.188. The number of hydrogen-bond donors (Lipinski definition) is 2. The molecule has 2 aromatic carbocycles. The quantitative estimate of drug-likeness (QED) is 0.671. The molecule has 4 nitrogen and oxygen atoms in total. The Labute approximate surface area is 129 Å². The molecule has 3 N–H and O–H groups in total. The summed E-state index contributed by atoms with van der Waals surface area (Å²) >= 11 is 1.67. The van der Waals surface area contributed by atoms with Crippen molar-refractivity contribution in [2.45, 2.75) is 4.90 Å². The second-order valence-electron chi connectivity index (χ2n) is 4.83. The van der Waals surface area contributed by atoms with Crippen LogP contribution in [0.1, 0.15) is 10.4 Å². The number of benzene rings is 2. The largest absolute Gasteiger partial charge is 0.397 e. The van der Waals surface area contributed by atoms with Crippen LogP contribution in [0.25, 0.3) is 0 Å². The van der Waals surface area contributed by atoms with Gasteiger partial charge < -0.3 is 16.0 Å². The van der Waals surface area contributed by atoms with Crippen molar-refractivity contribution < 1.29 is 4.79 Å². The number of anilines is 3. The van der Waals surface area contributed by atoms with Crippen LogP contribution >= 0.6 is 11.8 Å². The van der Waals surface area contributed by atoms with E-state index in [1.807, 2.05) is 36.6 Å². The van der Waals surface area contributed by atoms with Crippen LogP contribution in [0.2, 0.25) is 0 Å². The maximum atomic E-state index is 11.9. The van der Waals surface area contributed by atoms with Crippen LogP contribution in [0, 0.1) is 0 Å². The van der Waals surface area contributed by atoms with Gasteiger partial charge in [0.1, 0.15) is 0 Å². The highest BCUT2D eigenvalue weighted by molar-refractivity contribution is 7.98. The number of para-hydroxylation sites is 1. The molecule has 0 saturated carbocycles. The molecule has 1 amide bonds. The van der Waals surface area contributed by atoms with Crippen molar-refractivity contribution in [2.24, 2.45) is 0 Å². The Morgan fingerprint density at radius 3 is 2.48 bits per heavy atom. The van der Waals surface area contributed by atoms with Crippen molar-refractivity contribution in [3.63, 3.8) is 0 Å². The number of rotatable bonds is 4. The molecule has 0 bridgehead atoms. The molecule has 0 heterocycles. The van der Waals surface area contributed by atoms with Gasteiger partial charge in [-0.25, -0.2) is 0 Å². The number of nitrogens with one attached hydrogen (secondary N) is 1. The summed E-state index contributed by atoms with van der Waals surface area (Å²) in [6.07, 6.45) is 2.03. The molecule has 2 rings (SSSR count). The van der Waals surface area contributed by atoms with E-state index in [4.69, 9.17) is 5.73 Å². The smallest absolute Gasteiger partial charge is 0.253 e. The van der Waals surface area contributed by atoms with Crippen molar-refractivity contribution in [2.75, 3.05) is 31.4 Å². The summed E-state index contributed by atoms with van der Waals surface area (Å²) in [6, 6.07) is 13.3. The lowest BCUT2D eigenvalue weighted by Gasteiger charge is -2.15. The van der Waals surface area contributed by atoms with Gasteiger partial charge in [-0.05, 0) is 36.6 Å². The Hall–Kier alpha value is -2.14. The van der Waals surface area contributed by atoms with E-state index in [0.717, 1.165) is 16.3 Å². The fourth-order valence-electron chi connectivity index (χ4n) is 1.96. The molecule has 2 aromatic rings. The summed E-state index contributed by atoms with van der Waals surface area (Å²) in [4.78, 5) is 14.6. The van der Waals surface area contributed by atoms with Gasteiger partial charge in [0.05, 0.1) is 17.1 Å². The predicted octanol–water partition coefficient (Wildman–Crippen LogP) is 3.44. The Morgan fingerprint density at radius 2 is 1.86 bits per heavy atom. The lowest BCUT2D eigenvalue weighted by molar-refractivity contribution is 0.0827. The van der Waals surface area contributed by atoms with Gasteiger partial charge in [0.15, 0.2) is 0 Å². The van der Waals surface area contributed by atoms with Gasteiger partial charge in [-0.3, -0.25) is 4.79 Å². The molecule has 21 heavy (non-hydrogen) atoms. The van der Waals surface area contributed by atoms with Gasteiger partial charge in [-0.15, -0.1) is 11.8 Å². The van der Waals surface area contributed by atoms with Crippen LogP contribution in [0.4, 0.5) is 17.1 Å². The summed E-state index contributed by atoms with van der Waals surface area (Å²) in [7, 11) is 3.44. The maximum Gasteiger partial charge on any atom is 0.253 e. The standard InChI is InChI=1S/C16H19N3OS/c1-19(2)16(20)11-8-9-13(12(17)10-11)18-14-6-4-5-7-15(14)21-3/h4-10,18H,17H2,1-3H3. The fourth-order valence-corrected chi connectivity index (χ4v) is 2.51. The number of carbonyl (C=O) groups is 1. The van der Waals surface area contributed by atoms with Gasteiger partial charge in [0, 0.05) is 24.6 Å². The molecule has 110 valence electrons. The van der Waals surface area contributed by atoms with Crippen LogP contribution in [0.5, 0.6) is 0 Å². The third-order valence-corrected chi connectivity index (χ3v) is 3.88. The van der Waals surface area contributed by atoms with Crippen LogP contribution in [0.15, 0.2) is 47.4 Å². The van der Waals surface area contributed by atoms with Crippen LogP contribution < -0.4 is 11.1 Å². The highest BCUT2D eigenvalue weighted by Gasteiger charge is 2.10. The van der Waals surface area contributed by atoms with Gasteiger partial charge in [0.25, 0.3) is 5.91 Å². The van der Waals surface area contributed by atoms with Gasteiger partial charge in [0.2, 0.25) is 0 Å². The Bertz CT molecular complexity index is 656. The molecule has 0 radical (unpaired) electrons. The minimum absolute atomic E-state index is 0.0576. The molecule has 0 unspecified atom stereocenters. The molecule has 0 atom stereocenters. The lowest BCUT2D eigenvalue weighted by Crippen LogP contribution is -2.21. The molecule has 0 aliphatic rings. The average Bonchev–Trinajstić information content (AvgIpc) is 2.49. The van der Waals surface area contributed by atoms with Gasteiger partial charge >= 0.3 is 0 Å². The molecule has 5 heteroatoms. The molecule has 0 aromatic heterocycles. The van der Waals surface area contributed by atoms with Gasteiger partial charge in [-0.2, -0.15) is 0 Å². The zero-order valence-electron chi connectivity index (χ0n) is 12.4. The first kappa shape index (κ1) is 15.3. The molecule has 0 aliphatic heterocycles. The minimum Gasteiger partial charge on any atom is -0.397 e. The third-order valence-electron chi connectivity index (χ3n) is 3.08. The minimum atomic E-state index is -0.0576. The van der Waals surface area contributed by atoms with Crippen molar-refractivity contribution in [3.8, 4) is 0 Å². The van der Waals surface area contributed by atoms with Crippen molar-refractivity contribution in [1.29, 1.82) is 0 Å². The number of nitrogen functional groups attached to an aromatic ring is 1. The average molecular weight is 301 g/mol. The van der Waals surface area contributed by atoms with E-state index in [9.17, 15) is 4.79 Å². The van der Waals surface area contributed by atoms with Crippen molar-refractivity contribution in [1.82, 2.24) is 4.90 Å². The Balaban J connectivity index is 2.28. The molecule has 0 spiro atoms. The normalized spacial score (nSPS) is 10.2. The van der Waals surface area contributed by atoms with E-state index in [1.54, 1.807) is 38.0 Å². The second-order valence-corrected chi connectivity index (χ2v) is 5.67. The summed E-state index contributed by atoms with van der Waals surface area (Å²) in [5.74, 6) is -0.0576. The maximum absolute atomic E-state index is 11.9. The number of hydrogen-bond acceptors (Lipinski definition) is 4. The highest BCUT2D eigenvalue weighted by atomic mass is 32.2. The molecule has 0 aliphatic carbocycles. The summed E-state index contributed by atoms with van der Waals surface area (Å²) in [5, 5.41) is 3.32. The first-order chi connectivity index (χ1) is 10.0. The zero-order valence-corrected chi connectivity index (χ0v) is 13.2. The van der Waals surface area contributed by atoms with Crippen LogP contribution in [0.3, 0.4) is 0 Å². The first-order valence-electron chi connectivity index (χ1n) is 6.54. The van der Waals surface area contributed by atoms with E-state index in [2.05, 4.69) is 5.32 Å². The molecule has 0 fully saturated rings. The number of nitrogens with two attached hydrogens (primary N) is 1. The topological polar surface area (TPSA) is 58.4 Å². The number of carbonyl (C=O) groups excluding carboxylic acids is 1. The predicted molar refractivity (Wildman–Crippen MR) is 90.4 cm³/mol. The molecular weight excluding hydrogens is 282 g/mol. The van der Waals surface area contributed by atoms with Crippen molar-refractivity contribution in [3.05, 3.63) is 48.0 Å². The molecule has 0 saturated heterocycles. The van der Waals surface area contributed by atoms with Crippen molar-refractivity contribution >= 4 is 34.7 Å². The number of nitrogens with zero attached hydrogens (tertiary/aromatic N) is 1. The second kappa shape index (κ2) is 6.54. The Kier molecular flexibility index (Phi) is 4.75. The molecular formula is C16H19N3OS. The lowest BCUT2D eigenvalue weighted by atomic mass is 10.1. The summed E-state index contributed by atoms with van der Waals surface area (Å²) < 4.78 is 0. The summed E-state index contributed by atoms with van der Waals surface area (Å²) in [5.41, 5.74) is 9.00. The SMILES string of the molecule is CSc1ccccc1Nc1ccc(C(=O)N(C)C)cc1N. The third kappa shape index (κ3) is 3.49. The monoisotopic (exact) mass is 301 g/mol. The van der Waals surface area contributed by atoms with E-state index in [1.165, 1.54) is 4.90 Å². The van der Waals surface area contributed by atoms with E-state index >= 15 is 0 Å². The first-order valence-corrected chi connectivity index (χ1v) is 7.76. The van der Waals surface area contributed by atoms with Crippen LogP contribution in [-0.4, -0.2) is 31.2 Å². The summed E-state index contributed by atoms with van der Waals surface area (Å²) in [6.45, 7) is 0. The van der Waals surface area contributed by atoms with E-state index in [0.29, 0.717) is 11.3 Å². The van der Waals surface area contributed by atoms with Crippen LogP contribution in [-0.2, 0) is 0 Å². The van der Waals surface area contributed by atoms with Gasteiger partial charge in [-0.1, -0.05) is 12.1 Å². The van der Waals surface area contributed by atoms with E-state index in [-0.39, 0.29) is 5.91 Å². The zero-order chi connectivity index (χ0) is 15.4.